The largest absolute Gasteiger partial charge is 0.270 e. The fourth-order valence-corrected chi connectivity index (χ4v) is 4.08. The van der Waals surface area contributed by atoms with E-state index in [0.717, 1.165) is 52.0 Å². The zero-order valence-corrected chi connectivity index (χ0v) is 15.7. The summed E-state index contributed by atoms with van der Waals surface area (Å²) in [5.74, 6) is 0. The Balaban J connectivity index is 1.79. The minimum atomic E-state index is -0.343. The lowest BCUT2D eigenvalue weighted by atomic mass is 9.84. The van der Waals surface area contributed by atoms with Gasteiger partial charge >= 0.3 is 0 Å². The smallest absolute Gasteiger partial charge is 0.258 e. The van der Waals surface area contributed by atoms with E-state index in [9.17, 15) is 10.1 Å². The Labute approximate surface area is 168 Å². The molecule has 4 aromatic rings. The van der Waals surface area contributed by atoms with E-state index in [2.05, 4.69) is 24.3 Å². The van der Waals surface area contributed by atoms with Gasteiger partial charge in [0.25, 0.3) is 5.69 Å². The van der Waals surface area contributed by atoms with Crippen molar-refractivity contribution >= 4 is 5.69 Å². The van der Waals surface area contributed by atoms with E-state index in [1.807, 2.05) is 42.5 Å². The van der Waals surface area contributed by atoms with Gasteiger partial charge in [0.05, 0.1) is 16.3 Å². The van der Waals surface area contributed by atoms with Crippen LogP contribution in [0.15, 0.2) is 84.9 Å². The van der Waals surface area contributed by atoms with Gasteiger partial charge in [-0.15, -0.1) is 0 Å². The summed E-state index contributed by atoms with van der Waals surface area (Å²) in [5, 5.41) is 11.3. The van der Waals surface area contributed by atoms with Gasteiger partial charge in [0.15, 0.2) is 0 Å². The molecule has 3 aromatic carbocycles. The maximum atomic E-state index is 11.3. The molecule has 1 heterocycles. The normalized spacial score (nSPS) is 12.1. The van der Waals surface area contributed by atoms with Crippen molar-refractivity contribution in [1.29, 1.82) is 0 Å². The Bertz CT molecular complexity index is 1230. The van der Waals surface area contributed by atoms with Crippen molar-refractivity contribution in [2.24, 2.45) is 0 Å². The first kappa shape index (κ1) is 17.3. The molecule has 0 saturated carbocycles. The Morgan fingerprint density at radius 1 is 0.759 bits per heavy atom. The van der Waals surface area contributed by atoms with Gasteiger partial charge in [0.2, 0.25) is 0 Å². The summed E-state index contributed by atoms with van der Waals surface area (Å²) in [6.07, 6.45) is 1.81. The molecule has 1 aliphatic carbocycles. The lowest BCUT2D eigenvalue weighted by Gasteiger charge is -2.23. The number of hydrogen-bond donors (Lipinski definition) is 0. The van der Waals surface area contributed by atoms with Crippen molar-refractivity contribution < 1.29 is 4.92 Å². The van der Waals surface area contributed by atoms with E-state index < -0.39 is 0 Å². The summed E-state index contributed by atoms with van der Waals surface area (Å²) in [6.45, 7) is 0. The molecule has 0 bridgehead atoms. The molecule has 4 nitrogen and oxygen atoms in total. The summed E-state index contributed by atoms with van der Waals surface area (Å²) in [4.78, 5) is 16.0. The molecule has 0 radical (unpaired) electrons. The topological polar surface area (TPSA) is 56.0 Å². The third kappa shape index (κ3) is 3.09. The third-order valence-electron chi connectivity index (χ3n) is 5.48. The van der Waals surface area contributed by atoms with E-state index in [1.54, 1.807) is 12.1 Å². The fourth-order valence-electron chi connectivity index (χ4n) is 4.08. The molecule has 0 amide bonds. The van der Waals surface area contributed by atoms with Gasteiger partial charge in [-0.25, -0.2) is 4.98 Å². The predicted octanol–water partition coefficient (Wildman–Crippen LogP) is 6.09. The van der Waals surface area contributed by atoms with Crippen LogP contribution in [0.2, 0.25) is 0 Å². The van der Waals surface area contributed by atoms with Crippen LogP contribution in [0, 0.1) is 10.1 Å². The first-order valence-electron chi connectivity index (χ1n) is 9.63. The van der Waals surface area contributed by atoms with Crippen molar-refractivity contribution in [3.8, 4) is 33.6 Å². The van der Waals surface area contributed by atoms with Gasteiger partial charge in [0.1, 0.15) is 0 Å². The van der Waals surface area contributed by atoms with E-state index >= 15 is 0 Å². The van der Waals surface area contributed by atoms with Gasteiger partial charge < -0.3 is 0 Å². The lowest BCUT2D eigenvalue weighted by Crippen LogP contribution is -2.08. The number of benzene rings is 3. The monoisotopic (exact) mass is 378 g/mol. The summed E-state index contributed by atoms with van der Waals surface area (Å²) >= 11 is 0. The third-order valence-corrected chi connectivity index (χ3v) is 5.48. The Hall–Kier alpha value is -3.79. The van der Waals surface area contributed by atoms with Gasteiger partial charge in [-0.05, 0) is 41.2 Å². The highest BCUT2D eigenvalue weighted by molar-refractivity contribution is 5.83. The van der Waals surface area contributed by atoms with E-state index in [4.69, 9.17) is 4.98 Å². The van der Waals surface area contributed by atoms with Crippen LogP contribution in [-0.2, 0) is 12.8 Å². The first-order chi connectivity index (χ1) is 14.2. The summed E-state index contributed by atoms with van der Waals surface area (Å²) in [6, 6.07) is 27.4. The van der Waals surface area contributed by atoms with Crippen molar-refractivity contribution in [2.75, 3.05) is 0 Å². The van der Waals surface area contributed by atoms with Crippen LogP contribution in [0.4, 0.5) is 5.69 Å². The molecule has 0 spiro atoms. The minimum absolute atomic E-state index is 0.102. The zero-order chi connectivity index (χ0) is 19.8. The van der Waals surface area contributed by atoms with E-state index in [1.165, 1.54) is 11.6 Å². The molecule has 0 fully saturated rings. The Morgan fingerprint density at radius 3 is 2.34 bits per heavy atom. The summed E-state index contributed by atoms with van der Waals surface area (Å²) < 4.78 is 0. The number of nitro benzene ring substituents is 1. The number of aromatic nitrogens is 1. The van der Waals surface area contributed by atoms with Crippen LogP contribution in [0.1, 0.15) is 11.1 Å². The van der Waals surface area contributed by atoms with Gasteiger partial charge in [0, 0.05) is 23.3 Å². The number of fused-ring (bicyclic) bond motifs is 3. The average Bonchev–Trinajstić information content (AvgIpc) is 2.79. The molecule has 140 valence electrons. The van der Waals surface area contributed by atoms with Gasteiger partial charge in [-0.1, -0.05) is 66.7 Å². The highest BCUT2D eigenvalue weighted by Gasteiger charge is 2.23. The maximum absolute atomic E-state index is 11.3. The fraction of sp³-hybridized carbons (Fsp3) is 0.0800. The molecular weight excluding hydrogens is 360 g/mol. The second-order valence-electron chi connectivity index (χ2n) is 7.21. The van der Waals surface area contributed by atoms with Gasteiger partial charge in [-0.2, -0.15) is 0 Å². The number of aryl methyl sites for hydroxylation is 1. The van der Waals surface area contributed by atoms with Crippen molar-refractivity contribution in [3.63, 3.8) is 0 Å². The number of rotatable bonds is 3. The average molecular weight is 378 g/mol. The molecule has 0 aliphatic heterocycles. The molecule has 0 saturated heterocycles. The van der Waals surface area contributed by atoms with Crippen molar-refractivity contribution in [3.05, 3.63) is 106 Å². The maximum Gasteiger partial charge on any atom is 0.270 e. The van der Waals surface area contributed by atoms with E-state index in [0.29, 0.717) is 0 Å². The number of nitrogens with zero attached hydrogens (tertiary/aromatic N) is 2. The zero-order valence-electron chi connectivity index (χ0n) is 15.7. The molecule has 1 aliphatic rings. The van der Waals surface area contributed by atoms with Crippen LogP contribution >= 0.6 is 0 Å². The van der Waals surface area contributed by atoms with Crippen LogP contribution in [0.5, 0.6) is 0 Å². The lowest BCUT2D eigenvalue weighted by molar-refractivity contribution is -0.384. The van der Waals surface area contributed by atoms with Crippen molar-refractivity contribution in [2.45, 2.75) is 12.8 Å². The summed E-state index contributed by atoms with van der Waals surface area (Å²) in [7, 11) is 0. The standard InChI is InChI=1S/C25H18N2O2/c28-27(29)20-11-6-10-19(15-20)23-16-24(18-8-2-1-3-9-18)26-25-21-12-5-4-7-17(21)13-14-22(23)25/h1-12,15-16H,13-14H2. The highest BCUT2D eigenvalue weighted by atomic mass is 16.6. The van der Waals surface area contributed by atoms with Crippen molar-refractivity contribution in [1.82, 2.24) is 4.98 Å². The predicted molar refractivity (Wildman–Crippen MR) is 115 cm³/mol. The highest BCUT2D eigenvalue weighted by Crippen LogP contribution is 2.40. The second-order valence-corrected chi connectivity index (χ2v) is 7.21. The molecular formula is C25H18N2O2. The number of pyridine rings is 1. The molecule has 0 N–H and O–H groups in total. The molecule has 0 atom stereocenters. The Kier molecular flexibility index (Phi) is 4.17. The van der Waals surface area contributed by atoms with Crippen LogP contribution < -0.4 is 0 Å². The first-order valence-corrected chi connectivity index (χ1v) is 9.63. The second kappa shape index (κ2) is 6.99. The number of non-ortho nitro benzene ring substituents is 1. The molecule has 0 unspecified atom stereocenters. The SMILES string of the molecule is O=[N+]([O-])c1cccc(-c2cc(-c3ccccc3)nc3c2CCc2ccccc2-3)c1. The van der Waals surface area contributed by atoms with E-state index in [-0.39, 0.29) is 10.6 Å². The molecule has 1 aromatic heterocycles. The summed E-state index contributed by atoms with van der Waals surface area (Å²) in [5.41, 5.74) is 8.47. The quantitative estimate of drug-likeness (QED) is 0.320. The van der Waals surface area contributed by atoms with Crippen LogP contribution in [0.3, 0.4) is 0 Å². The Morgan fingerprint density at radius 2 is 1.52 bits per heavy atom. The number of nitro groups is 1. The molecule has 29 heavy (non-hydrogen) atoms. The minimum Gasteiger partial charge on any atom is -0.258 e. The number of hydrogen-bond acceptors (Lipinski definition) is 3. The van der Waals surface area contributed by atoms with Gasteiger partial charge in [-0.3, -0.25) is 10.1 Å². The van der Waals surface area contributed by atoms with Crippen LogP contribution in [0.25, 0.3) is 33.6 Å². The molecule has 5 rings (SSSR count). The van der Waals surface area contributed by atoms with Crippen LogP contribution in [-0.4, -0.2) is 9.91 Å². The molecule has 4 heteroatoms.